The molecule has 106 valence electrons. The van der Waals surface area contributed by atoms with E-state index >= 15 is 0 Å². The zero-order valence-corrected chi connectivity index (χ0v) is 11.8. The minimum absolute atomic E-state index is 0.0469. The first-order valence-corrected chi connectivity index (χ1v) is 6.80. The maximum atomic E-state index is 12.2. The monoisotopic (exact) mass is 264 g/mol. The summed E-state index contributed by atoms with van der Waals surface area (Å²) in [6, 6.07) is 7.68. The highest BCUT2D eigenvalue weighted by Gasteiger charge is 2.13. The second-order valence-corrected chi connectivity index (χ2v) is 4.65. The minimum Gasteiger partial charge on any atom is -0.383 e. The van der Waals surface area contributed by atoms with Gasteiger partial charge in [0, 0.05) is 12.7 Å². The van der Waals surface area contributed by atoms with Crippen LogP contribution in [0, 0.1) is 0 Å². The van der Waals surface area contributed by atoms with E-state index in [1.807, 2.05) is 24.3 Å². The molecular formula is C15H24N2O2. The zero-order valence-electron chi connectivity index (χ0n) is 11.8. The summed E-state index contributed by atoms with van der Waals surface area (Å²) >= 11 is 0. The third-order valence-electron chi connectivity index (χ3n) is 2.96. The molecule has 3 N–H and O–H groups in total. The van der Waals surface area contributed by atoms with Crippen molar-refractivity contribution in [3.05, 3.63) is 35.4 Å². The van der Waals surface area contributed by atoms with Gasteiger partial charge in [-0.05, 0) is 37.1 Å². The second kappa shape index (κ2) is 8.67. The van der Waals surface area contributed by atoms with E-state index in [0.717, 1.165) is 24.8 Å². The van der Waals surface area contributed by atoms with Gasteiger partial charge in [-0.3, -0.25) is 4.79 Å². The van der Waals surface area contributed by atoms with E-state index < -0.39 is 0 Å². The summed E-state index contributed by atoms with van der Waals surface area (Å²) in [5.41, 5.74) is 7.30. The van der Waals surface area contributed by atoms with Gasteiger partial charge in [0.15, 0.2) is 0 Å². The number of nitrogens with one attached hydrogen (secondary N) is 1. The molecule has 0 saturated carbocycles. The van der Waals surface area contributed by atoms with E-state index in [2.05, 4.69) is 12.2 Å². The summed E-state index contributed by atoms with van der Waals surface area (Å²) in [5, 5.41) is 3.01. The van der Waals surface area contributed by atoms with Crippen LogP contribution in [-0.4, -0.2) is 32.2 Å². The Balaban J connectivity index is 2.67. The summed E-state index contributed by atoms with van der Waals surface area (Å²) in [7, 11) is 1.65. The maximum Gasteiger partial charge on any atom is 0.251 e. The largest absolute Gasteiger partial charge is 0.383 e. The lowest BCUT2D eigenvalue weighted by Gasteiger charge is -2.17. The molecule has 0 saturated heterocycles. The Hall–Kier alpha value is -1.39. The Kier molecular flexibility index (Phi) is 7.15. The van der Waals surface area contributed by atoms with E-state index in [1.165, 1.54) is 0 Å². The van der Waals surface area contributed by atoms with Gasteiger partial charge in [0.1, 0.15) is 0 Å². The molecule has 1 amide bonds. The van der Waals surface area contributed by atoms with Crippen LogP contribution in [0.3, 0.4) is 0 Å². The molecular weight excluding hydrogens is 240 g/mol. The molecule has 4 heteroatoms. The third kappa shape index (κ3) is 5.41. The van der Waals surface area contributed by atoms with Crippen molar-refractivity contribution >= 4 is 5.91 Å². The van der Waals surface area contributed by atoms with Crippen LogP contribution < -0.4 is 11.1 Å². The second-order valence-electron chi connectivity index (χ2n) is 4.65. The van der Waals surface area contributed by atoms with Gasteiger partial charge in [0.2, 0.25) is 0 Å². The number of benzene rings is 1. The number of ether oxygens (including phenoxy) is 1. The van der Waals surface area contributed by atoms with Crippen LogP contribution in [0.15, 0.2) is 24.3 Å². The lowest BCUT2D eigenvalue weighted by molar-refractivity contribution is 0.0891. The van der Waals surface area contributed by atoms with Crippen LogP contribution >= 0.6 is 0 Å². The first-order valence-electron chi connectivity index (χ1n) is 6.80. The predicted molar refractivity (Wildman–Crippen MR) is 77.2 cm³/mol. The molecule has 1 rings (SSSR count). The summed E-state index contributed by atoms with van der Waals surface area (Å²) in [6.07, 6.45) is 2.72. The lowest BCUT2D eigenvalue weighted by atomic mass is 10.1. The molecule has 1 aromatic carbocycles. The Labute approximate surface area is 115 Å². The molecule has 0 aromatic heterocycles. The SMILES string of the molecule is CCCC(COC)NC(=O)c1cccc(CCN)c1. The Bertz CT molecular complexity index is 387. The molecule has 0 aliphatic rings. The molecule has 0 heterocycles. The first kappa shape index (κ1) is 15.7. The molecule has 1 atom stereocenters. The standard InChI is InChI=1S/C15H24N2O2/c1-3-5-14(11-19-2)17-15(18)13-7-4-6-12(10-13)8-9-16/h4,6-7,10,14H,3,5,8-9,11,16H2,1-2H3,(H,17,18). The quantitative estimate of drug-likeness (QED) is 0.751. The van der Waals surface area contributed by atoms with Crippen molar-refractivity contribution in [2.24, 2.45) is 5.73 Å². The van der Waals surface area contributed by atoms with E-state index in [0.29, 0.717) is 18.7 Å². The molecule has 0 spiro atoms. The van der Waals surface area contributed by atoms with Crippen molar-refractivity contribution < 1.29 is 9.53 Å². The van der Waals surface area contributed by atoms with Crippen molar-refractivity contribution in [2.75, 3.05) is 20.3 Å². The van der Waals surface area contributed by atoms with Gasteiger partial charge in [0.25, 0.3) is 5.91 Å². The zero-order chi connectivity index (χ0) is 14.1. The molecule has 0 radical (unpaired) electrons. The van der Waals surface area contributed by atoms with Gasteiger partial charge >= 0.3 is 0 Å². The average Bonchev–Trinajstić information content (AvgIpc) is 2.40. The van der Waals surface area contributed by atoms with Crippen molar-refractivity contribution in [2.45, 2.75) is 32.2 Å². The van der Waals surface area contributed by atoms with Gasteiger partial charge in [0.05, 0.1) is 12.6 Å². The highest BCUT2D eigenvalue weighted by atomic mass is 16.5. The van der Waals surface area contributed by atoms with Crippen LogP contribution in [0.5, 0.6) is 0 Å². The smallest absolute Gasteiger partial charge is 0.251 e. The van der Waals surface area contributed by atoms with Gasteiger partial charge in [-0.25, -0.2) is 0 Å². The van der Waals surface area contributed by atoms with Crippen LogP contribution in [0.2, 0.25) is 0 Å². The lowest BCUT2D eigenvalue weighted by Crippen LogP contribution is -2.37. The number of carbonyl (C=O) groups excluding carboxylic acids is 1. The van der Waals surface area contributed by atoms with Gasteiger partial charge < -0.3 is 15.8 Å². The molecule has 19 heavy (non-hydrogen) atoms. The number of methoxy groups -OCH3 is 1. The summed E-state index contributed by atoms with van der Waals surface area (Å²) < 4.78 is 5.12. The van der Waals surface area contributed by atoms with Crippen LogP contribution in [0.1, 0.15) is 35.7 Å². The van der Waals surface area contributed by atoms with Gasteiger partial charge in [-0.1, -0.05) is 25.5 Å². The van der Waals surface area contributed by atoms with Crippen LogP contribution in [0.4, 0.5) is 0 Å². The highest BCUT2D eigenvalue weighted by molar-refractivity contribution is 5.94. The van der Waals surface area contributed by atoms with E-state index in [-0.39, 0.29) is 11.9 Å². The fraction of sp³-hybridized carbons (Fsp3) is 0.533. The fourth-order valence-electron chi connectivity index (χ4n) is 2.05. The summed E-state index contributed by atoms with van der Waals surface area (Å²) in [4.78, 5) is 12.2. The molecule has 4 nitrogen and oxygen atoms in total. The topological polar surface area (TPSA) is 64.3 Å². The van der Waals surface area contributed by atoms with E-state index in [4.69, 9.17) is 10.5 Å². The third-order valence-corrected chi connectivity index (χ3v) is 2.96. The molecule has 1 aromatic rings. The van der Waals surface area contributed by atoms with Crippen LogP contribution in [0.25, 0.3) is 0 Å². The fourth-order valence-corrected chi connectivity index (χ4v) is 2.05. The molecule has 0 fully saturated rings. The van der Waals surface area contributed by atoms with Gasteiger partial charge in [-0.15, -0.1) is 0 Å². The number of nitrogens with two attached hydrogens (primary N) is 1. The summed E-state index contributed by atoms with van der Waals surface area (Å²) in [5.74, 6) is -0.0469. The number of rotatable bonds is 8. The molecule has 1 unspecified atom stereocenters. The van der Waals surface area contributed by atoms with Crippen molar-refractivity contribution in [1.29, 1.82) is 0 Å². The van der Waals surface area contributed by atoms with E-state index in [1.54, 1.807) is 7.11 Å². The van der Waals surface area contributed by atoms with E-state index in [9.17, 15) is 4.79 Å². The minimum atomic E-state index is -0.0469. The highest BCUT2D eigenvalue weighted by Crippen LogP contribution is 2.07. The number of hydrogen-bond acceptors (Lipinski definition) is 3. The normalized spacial score (nSPS) is 12.2. The Morgan fingerprint density at radius 1 is 1.47 bits per heavy atom. The van der Waals surface area contributed by atoms with Crippen molar-refractivity contribution in [1.82, 2.24) is 5.32 Å². The molecule has 0 aliphatic carbocycles. The number of hydrogen-bond donors (Lipinski definition) is 2. The molecule has 0 aliphatic heterocycles. The average molecular weight is 264 g/mol. The Morgan fingerprint density at radius 3 is 2.89 bits per heavy atom. The van der Waals surface area contributed by atoms with Crippen LogP contribution in [-0.2, 0) is 11.2 Å². The number of carbonyl (C=O) groups is 1. The first-order chi connectivity index (χ1) is 9.21. The molecule has 0 bridgehead atoms. The van der Waals surface area contributed by atoms with Gasteiger partial charge in [-0.2, -0.15) is 0 Å². The van der Waals surface area contributed by atoms with Crippen molar-refractivity contribution in [3.63, 3.8) is 0 Å². The predicted octanol–water partition coefficient (Wildman–Crippen LogP) is 1.73. The summed E-state index contributed by atoms with van der Waals surface area (Å²) in [6.45, 7) is 3.23. The van der Waals surface area contributed by atoms with Crippen molar-refractivity contribution in [3.8, 4) is 0 Å². The Morgan fingerprint density at radius 2 is 2.26 bits per heavy atom. The number of amides is 1. The maximum absolute atomic E-state index is 12.2.